The van der Waals surface area contributed by atoms with E-state index in [9.17, 15) is 35.9 Å². The fourth-order valence-electron chi connectivity index (χ4n) is 3.91. The Labute approximate surface area is 213 Å². The number of anilines is 2. The summed E-state index contributed by atoms with van der Waals surface area (Å²) < 4.78 is 78.8. The number of rotatable bonds is 8. The summed E-state index contributed by atoms with van der Waals surface area (Å²) in [5.41, 5.74) is -1.99. The van der Waals surface area contributed by atoms with E-state index >= 15 is 0 Å². The van der Waals surface area contributed by atoms with Crippen LogP contribution < -0.4 is 10.6 Å². The van der Waals surface area contributed by atoms with Crippen LogP contribution in [-0.2, 0) is 23.7 Å². The average Bonchev–Trinajstić information content (AvgIpc) is 3.64. The molecule has 2 N–H and O–H groups in total. The summed E-state index contributed by atoms with van der Waals surface area (Å²) in [5, 5.41) is 5.38. The molecule has 12 heteroatoms. The molecule has 1 aliphatic rings. The fraction of sp³-hybridized carbons (Fsp3) is 0.308. The molecule has 2 aromatic heterocycles. The quantitative estimate of drug-likeness (QED) is 0.263. The van der Waals surface area contributed by atoms with E-state index in [0.717, 1.165) is 18.3 Å². The molecule has 0 atom stereocenters. The van der Waals surface area contributed by atoms with Gasteiger partial charge in [0, 0.05) is 24.4 Å². The number of aryl methyl sites for hydroxylation is 1. The van der Waals surface area contributed by atoms with E-state index in [1.165, 1.54) is 24.4 Å². The second-order valence-corrected chi connectivity index (χ2v) is 9.23. The molecule has 4 rings (SSSR count). The van der Waals surface area contributed by atoms with Crippen LogP contribution in [0.5, 0.6) is 0 Å². The lowest BCUT2D eigenvalue weighted by Crippen LogP contribution is -2.33. The SMILES string of the molecule is Cc1ccc(Nc2ccc(CNC(=O)C3(CC(=O)c4cncc(C(F)(F)F)c4)CC3)nc2)c(C(F)(F)F)c1. The van der Waals surface area contributed by atoms with Crippen LogP contribution in [-0.4, -0.2) is 21.7 Å². The molecule has 38 heavy (non-hydrogen) atoms. The molecule has 200 valence electrons. The summed E-state index contributed by atoms with van der Waals surface area (Å²) in [6.45, 7) is 1.56. The second-order valence-electron chi connectivity index (χ2n) is 9.23. The molecule has 2 heterocycles. The number of hydrogen-bond acceptors (Lipinski definition) is 5. The lowest BCUT2D eigenvalue weighted by atomic mass is 9.95. The molecule has 1 aromatic carbocycles. The number of Topliss-reactive ketones (excluding diaryl/α,β-unsaturated/α-hetero) is 1. The minimum atomic E-state index is -4.64. The summed E-state index contributed by atoms with van der Waals surface area (Å²) in [6, 6.07) is 7.70. The highest BCUT2D eigenvalue weighted by Crippen LogP contribution is 2.49. The van der Waals surface area contributed by atoms with E-state index in [4.69, 9.17) is 0 Å². The van der Waals surface area contributed by atoms with Crippen LogP contribution in [0.1, 0.15) is 52.0 Å². The number of carbonyl (C=O) groups is 2. The van der Waals surface area contributed by atoms with Crippen LogP contribution >= 0.6 is 0 Å². The summed E-state index contributed by atoms with van der Waals surface area (Å²) in [6.07, 6.45) is -5.62. The molecule has 1 amide bonds. The molecule has 0 radical (unpaired) electrons. The van der Waals surface area contributed by atoms with Crippen LogP contribution in [0.25, 0.3) is 0 Å². The van der Waals surface area contributed by atoms with Crippen molar-refractivity contribution in [1.29, 1.82) is 0 Å². The van der Waals surface area contributed by atoms with Crippen LogP contribution in [0.2, 0.25) is 0 Å². The highest BCUT2D eigenvalue weighted by Gasteiger charge is 2.51. The molecule has 1 fully saturated rings. The molecule has 1 aliphatic carbocycles. The number of nitrogens with one attached hydrogen (secondary N) is 2. The maximum absolute atomic E-state index is 13.3. The third-order valence-corrected chi connectivity index (χ3v) is 6.24. The monoisotopic (exact) mass is 536 g/mol. The minimum absolute atomic E-state index is 0.00149. The number of benzene rings is 1. The zero-order valence-corrected chi connectivity index (χ0v) is 20.0. The Hall–Kier alpha value is -3.96. The van der Waals surface area contributed by atoms with Crippen molar-refractivity contribution in [3.63, 3.8) is 0 Å². The Morgan fingerprint density at radius 1 is 0.947 bits per heavy atom. The van der Waals surface area contributed by atoms with E-state index in [-0.39, 0.29) is 24.2 Å². The highest BCUT2D eigenvalue weighted by molar-refractivity contribution is 6.00. The minimum Gasteiger partial charge on any atom is -0.354 e. The zero-order valence-electron chi connectivity index (χ0n) is 20.0. The van der Waals surface area contributed by atoms with Crippen LogP contribution in [0.4, 0.5) is 37.7 Å². The zero-order chi connectivity index (χ0) is 27.7. The van der Waals surface area contributed by atoms with Crippen molar-refractivity contribution in [2.24, 2.45) is 5.41 Å². The topological polar surface area (TPSA) is 84.0 Å². The molecular formula is C26H22F6N4O2. The first kappa shape index (κ1) is 27.1. The van der Waals surface area contributed by atoms with E-state index in [1.54, 1.807) is 13.0 Å². The molecule has 0 unspecified atom stereocenters. The number of alkyl halides is 6. The summed E-state index contributed by atoms with van der Waals surface area (Å²) >= 11 is 0. The van der Waals surface area contributed by atoms with Crippen molar-refractivity contribution in [3.05, 3.63) is 82.9 Å². The Morgan fingerprint density at radius 3 is 2.29 bits per heavy atom. The largest absolute Gasteiger partial charge is 0.418 e. The molecule has 6 nitrogen and oxygen atoms in total. The molecule has 0 bridgehead atoms. The summed E-state index contributed by atoms with van der Waals surface area (Å²) in [7, 11) is 0. The predicted molar refractivity (Wildman–Crippen MR) is 125 cm³/mol. The van der Waals surface area contributed by atoms with E-state index in [2.05, 4.69) is 20.6 Å². The second kappa shape index (κ2) is 10.1. The van der Waals surface area contributed by atoms with Gasteiger partial charge in [-0.15, -0.1) is 0 Å². The first-order valence-corrected chi connectivity index (χ1v) is 11.5. The third-order valence-electron chi connectivity index (χ3n) is 6.24. The number of amides is 1. The first-order chi connectivity index (χ1) is 17.8. The fourth-order valence-corrected chi connectivity index (χ4v) is 3.91. The van der Waals surface area contributed by atoms with E-state index in [0.29, 0.717) is 36.0 Å². The molecule has 3 aromatic rings. The van der Waals surface area contributed by atoms with Crippen molar-refractivity contribution in [1.82, 2.24) is 15.3 Å². The molecule has 0 saturated heterocycles. The molecule has 0 aliphatic heterocycles. The van der Waals surface area contributed by atoms with Gasteiger partial charge in [0.05, 0.1) is 46.4 Å². The van der Waals surface area contributed by atoms with E-state index < -0.39 is 40.6 Å². The van der Waals surface area contributed by atoms with Gasteiger partial charge in [-0.25, -0.2) is 0 Å². The lowest BCUT2D eigenvalue weighted by molar-refractivity contribution is -0.138. The number of aromatic nitrogens is 2. The van der Waals surface area contributed by atoms with Gasteiger partial charge in [0.15, 0.2) is 5.78 Å². The Kier molecular flexibility index (Phi) is 7.18. The smallest absolute Gasteiger partial charge is 0.354 e. The van der Waals surface area contributed by atoms with Crippen molar-refractivity contribution >= 4 is 23.1 Å². The molecule has 0 spiro atoms. The number of pyridine rings is 2. The van der Waals surface area contributed by atoms with Gasteiger partial charge in [-0.1, -0.05) is 11.6 Å². The maximum Gasteiger partial charge on any atom is 0.418 e. The number of nitrogens with zero attached hydrogens (tertiary/aromatic N) is 2. The van der Waals surface area contributed by atoms with Crippen molar-refractivity contribution in [2.75, 3.05) is 5.32 Å². The van der Waals surface area contributed by atoms with Crippen molar-refractivity contribution in [3.8, 4) is 0 Å². The van der Waals surface area contributed by atoms with Gasteiger partial charge in [-0.2, -0.15) is 26.3 Å². The van der Waals surface area contributed by atoms with Crippen LogP contribution in [0.15, 0.2) is 55.0 Å². The van der Waals surface area contributed by atoms with Crippen molar-refractivity contribution < 1.29 is 35.9 Å². The van der Waals surface area contributed by atoms with Gasteiger partial charge in [-0.3, -0.25) is 19.6 Å². The first-order valence-electron chi connectivity index (χ1n) is 11.5. The Bertz CT molecular complexity index is 1350. The van der Waals surface area contributed by atoms with Gasteiger partial charge in [-0.05, 0) is 50.1 Å². The number of halogens is 6. The average molecular weight is 536 g/mol. The van der Waals surface area contributed by atoms with Crippen LogP contribution in [0, 0.1) is 12.3 Å². The number of carbonyl (C=O) groups excluding carboxylic acids is 2. The predicted octanol–water partition coefficient (Wildman–Crippen LogP) is 6.24. The van der Waals surface area contributed by atoms with Crippen molar-refractivity contribution in [2.45, 2.75) is 45.1 Å². The molecular weight excluding hydrogens is 514 g/mol. The van der Waals surface area contributed by atoms with E-state index in [1.807, 2.05) is 0 Å². The maximum atomic E-state index is 13.3. The van der Waals surface area contributed by atoms with Gasteiger partial charge in [0.2, 0.25) is 5.91 Å². The molecule has 1 saturated carbocycles. The lowest BCUT2D eigenvalue weighted by Gasteiger charge is -2.16. The Balaban J connectivity index is 1.35. The number of hydrogen-bond donors (Lipinski definition) is 2. The Morgan fingerprint density at radius 2 is 1.68 bits per heavy atom. The summed E-state index contributed by atoms with van der Waals surface area (Å²) in [5.74, 6) is -1.04. The van der Waals surface area contributed by atoms with Gasteiger partial charge in [0.25, 0.3) is 0 Å². The number of ketones is 1. The van der Waals surface area contributed by atoms with Gasteiger partial charge >= 0.3 is 12.4 Å². The standard InChI is InChI=1S/C26H22F6N4O2/c1-15-2-5-21(20(8-15)26(30,31)32)36-19-4-3-18(34-14-19)13-35-23(38)24(6-7-24)10-22(37)16-9-17(12-33-11-16)25(27,28)29/h2-5,8-9,11-12,14,36H,6-7,10,13H2,1H3,(H,35,38). The van der Waals surface area contributed by atoms with Gasteiger partial charge < -0.3 is 10.6 Å². The highest BCUT2D eigenvalue weighted by atomic mass is 19.4. The van der Waals surface area contributed by atoms with Gasteiger partial charge in [0.1, 0.15) is 0 Å². The third kappa shape index (κ3) is 6.29. The normalized spacial score (nSPS) is 14.6. The summed E-state index contributed by atoms with van der Waals surface area (Å²) in [4.78, 5) is 33.0. The van der Waals surface area contributed by atoms with Crippen LogP contribution in [0.3, 0.4) is 0 Å².